The van der Waals surface area contributed by atoms with Crippen molar-refractivity contribution in [3.05, 3.63) is 27.8 Å². The number of rotatable bonds is 2. The van der Waals surface area contributed by atoms with Gasteiger partial charge in [0.1, 0.15) is 5.75 Å². The molecular weight excluding hydrogens is 248 g/mol. The van der Waals surface area contributed by atoms with Gasteiger partial charge in [0.15, 0.2) is 6.29 Å². The molecule has 1 aliphatic rings. The summed E-state index contributed by atoms with van der Waals surface area (Å²) in [5.74, 6) is 0.788. The van der Waals surface area contributed by atoms with E-state index in [0.29, 0.717) is 0 Å². The first-order valence-electron chi connectivity index (χ1n) is 7.34. The number of benzene rings is 1. The number of methoxy groups -OCH3 is 1. The van der Waals surface area contributed by atoms with Crippen molar-refractivity contribution in [2.45, 2.75) is 65.2 Å². The molecule has 0 amide bonds. The Morgan fingerprint density at radius 3 is 1.90 bits per heavy atom. The highest BCUT2D eigenvalue weighted by molar-refractivity contribution is 5.85. The molecule has 0 bridgehead atoms. The van der Waals surface area contributed by atoms with E-state index in [-0.39, 0.29) is 10.8 Å². The Morgan fingerprint density at radius 1 is 0.950 bits per heavy atom. The largest absolute Gasteiger partial charge is 0.496 e. The third-order valence-corrected chi connectivity index (χ3v) is 5.11. The summed E-state index contributed by atoms with van der Waals surface area (Å²) >= 11 is 0. The van der Waals surface area contributed by atoms with Gasteiger partial charge in [0.05, 0.1) is 12.7 Å². The minimum absolute atomic E-state index is 0.0480. The van der Waals surface area contributed by atoms with E-state index in [4.69, 9.17) is 4.74 Å². The molecule has 110 valence electrons. The molecule has 0 N–H and O–H groups in total. The van der Waals surface area contributed by atoms with Crippen LogP contribution in [0.4, 0.5) is 0 Å². The third-order valence-electron chi connectivity index (χ3n) is 5.11. The number of ether oxygens (including phenoxy) is 1. The molecule has 0 aliphatic heterocycles. The minimum atomic E-state index is 0.0480. The molecule has 0 radical (unpaired) electrons. The lowest BCUT2D eigenvalue weighted by molar-refractivity contribution is 0.111. The highest BCUT2D eigenvalue weighted by Gasteiger charge is 2.41. The highest BCUT2D eigenvalue weighted by atomic mass is 16.5. The van der Waals surface area contributed by atoms with Crippen LogP contribution in [-0.4, -0.2) is 13.4 Å². The van der Waals surface area contributed by atoms with Crippen LogP contribution in [0.2, 0.25) is 0 Å². The average Bonchev–Trinajstić information content (AvgIpc) is 2.37. The summed E-state index contributed by atoms with van der Waals surface area (Å²) in [7, 11) is 1.68. The molecular formula is C18H26O2. The van der Waals surface area contributed by atoms with E-state index < -0.39 is 0 Å². The number of hydrogen-bond acceptors (Lipinski definition) is 2. The summed E-state index contributed by atoms with van der Waals surface area (Å²) in [5, 5.41) is 0. The number of carbonyl (C=O) groups excluding carboxylic acids is 1. The maximum atomic E-state index is 11.5. The fourth-order valence-electron chi connectivity index (χ4n) is 3.72. The quantitative estimate of drug-likeness (QED) is 0.744. The number of aldehydes is 1. The molecule has 1 aromatic carbocycles. The van der Waals surface area contributed by atoms with Gasteiger partial charge >= 0.3 is 0 Å². The molecule has 2 nitrogen and oxygen atoms in total. The normalized spacial score (nSPS) is 19.4. The fraction of sp³-hybridized carbons (Fsp3) is 0.611. The zero-order valence-corrected chi connectivity index (χ0v) is 13.8. The first-order chi connectivity index (χ1) is 9.17. The van der Waals surface area contributed by atoms with Gasteiger partial charge in [0.2, 0.25) is 0 Å². The van der Waals surface area contributed by atoms with Crippen LogP contribution in [0.5, 0.6) is 5.75 Å². The van der Waals surface area contributed by atoms with Crippen LogP contribution >= 0.6 is 0 Å². The van der Waals surface area contributed by atoms with Crippen LogP contribution < -0.4 is 4.74 Å². The molecule has 0 aromatic heterocycles. The summed E-state index contributed by atoms with van der Waals surface area (Å²) < 4.78 is 5.67. The van der Waals surface area contributed by atoms with Crippen molar-refractivity contribution in [3.63, 3.8) is 0 Å². The molecule has 20 heavy (non-hydrogen) atoms. The molecule has 0 fully saturated rings. The predicted molar refractivity (Wildman–Crippen MR) is 83.1 cm³/mol. The molecule has 0 heterocycles. The molecule has 1 aromatic rings. The van der Waals surface area contributed by atoms with E-state index in [9.17, 15) is 4.79 Å². The second kappa shape index (κ2) is 4.61. The summed E-state index contributed by atoms with van der Waals surface area (Å²) in [4.78, 5) is 11.5. The maximum absolute atomic E-state index is 11.5. The zero-order chi connectivity index (χ0) is 15.3. The highest BCUT2D eigenvalue weighted by Crippen LogP contribution is 2.52. The Hall–Kier alpha value is -1.31. The monoisotopic (exact) mass is 274 g/mol. The van der Waals surface area contributed by atoms with Gasteiger partial charge in [-0.05, 0) is 54.2 Å². The Balaban J connectivity index is 2.98. The second-order valence-corrected chi connectivity index (χ2v) is 7.33. The first-order valence-corrected chi connectivity index (χ1v) is 7.34. The second-order valence-electron chi connectivity index (χ2n) is 7.33. The van der Waals surface area contributed by atoms with Crippen LogP contribution in [0.25, 0.3) is 0 Å². The van der Waals surface area contributed by atoms with E-state index >= 15 is 0 Å². The summed E-state index contributed by atoms with van der Waals surface area (Å²) in [6.07, 6.45) is 3.22. The smallest absolute Gasteiger partial charge is 0.154 e. The standard InChI is InChI=1S/C18H26O2/c1-11-12(2)14-15(16(20-7)13(11)10-19)18(5,6)9-8-17(14,3)4/h10H,8-9H2,1-7H3. The lowest BCUT2D eigenvalue weighted by Crippen LogP contribution is -2.36. The summed E-state index contributed by atoms with van der Waals surface area (Å²) in [6.45, 7) is 13.3. The first kappa shape index (κ1) is 15.1. The molecule has 2 heteroatoms. The van der Waals surface area contributed by atoms with Crippen LogP contribution in [0.1, 0.15) is 73.1 Å². The van der Waals surface area contributed by atoms with Gasteiger partial charge in [-0.3, -0.25) is 4.79 Å². The summed E-state index contributed by atoms with van der Waals surface area (Å²) in [5.41, 5.74) is 5.83. The molecule has 1 aliphatic carbocycles. The van der Waals surface area contributed by atoms with Crippen molar-refractivity contribution in [2.75, 3.05) is 7.11 Å². The Bertz CT molecular complexity index is 566. The van der Waals surface area contributed by atoms with Crippen molar-refractivity contribution < 1.29 is 9.53 Å². The number of fused-ring (bicyclic) bond motifs is 1. The van der Waals surface area contributed by atoms with E-state index in [1.807, 2.05) is 6.92 Å². The maximum Gasteiger partial charge on any atom is 0.154 e. The Kier molecular flexibility index (Phi) is 3.48. The van der Waals surface area contributed by atoms with Crippen LogP contribution in [-0.2, 0) is 10.8 Å². The van der Waals surface area contributed by atoms with E-state index in [2.05, 4.69) is 34.6 Å². The lowest BCUT2D eigenvalue weighted by atomic mass is 9.61. The predicted octanol–water partition coefficient (Wildman–Crippen LogP) is 4.47. The van der Waals surface area contributed by atoms with Crippen molar-refractivity contribution in [1.29, 1.82) is 0 Å². The topological polar surface area (TPSA) is 26.3 Å². The lowest BCUT2D eigenvalue weighted by Gasteiger charge is -2.44. The molecule has 0 saturated heterocycles. The van der Waals surface area contributed by atoms with Crippen molar-refractivity contribution >= 4 is 6.29 Å². The van der Waals surface area contributed by atoms with Gasteiger partial charge in [-0.1, -0.05) is 27.7 Å². The molecule has 0 saturated carbocycles. The van der Waals surface area contributed by atoms with Gasteiger partial charge in [-0.15, -0.1) is 0 Å². The van der Waals surface area contributed by atoms with E-state index in [1.165, 1.54) is 16.7 Å². The van der Waals surface area contributed by atoms with Gasteiger partial charge < -0.3 is 4.74 Å². The van der Waals surface area contributed by atoms with E-state index in [1.54, 1.807) is 7.11 Å². The molecule has 0 spiro atoms. The SMILES string of the molecule is COc1c(C=O)c(C)c(C)c2c1C(C)(C)CCC2(C)C. The Morgan fingerprint density at radius 2 is 1.45 bits per heavy atom. The zero-order valence-electron chi connectivity index (χ0n) is 13.8. The minimum Gasteiger partial charge on any atom is -0.496 e. The van der Waals surface area contributed by atoms with Crippen LogP contribution in [0, 0.1) is 13.8 Å². The van der Waals surface area contributed by atoms with Gasteiger partial charge in [-0.25, -0.2) is 0 Å². The van der Waals surface area contributed by atoms with Crippen molar-refractivity contribution in [1.82, 2.24) is 0 Å². The third kappa shape index (κ3) is 1.97. The average molecular weight is 274 g/mol. The van der Waals surface area contributed by atoms with E-state index in [0.717, 1.165) is 36.0 Å². The van der Waals surface area contributed by atoms with Gasteiger partial charge in [0, 0.05) is 5.56 Å². The molecule has 2 rings (SSSR count). The van der Waals surface area contributed by atoms with Gasteiger partial charge in [-0.2, -0.15) is 0 Å². The van der Waals surface area contributed by atoms with Crippen LogP contribution in [0.3, 0.4) is 0 Å². The van der Waals surface area contributed by atoms with Crippen molar-refractivity contribution in [2.24, 2.45) is 0 Å². The van der Waals surface area contributed by atoms with Crippen LogP contribution in [0.15, 0.2) is 0 Å². The Labute approximate surface area is 122 Å². The molecule has 0 atom stereocenters. The molecule has 0 unspecified atom stereocenters. The fourth-order valence-corrected chi connectivity index (χ4v) is 3.72. The van der Waals surface area contributed by atoms with Gasteiger partial charge in [0.25, 0.3) is 0 Å². The van der Waals surface area contributed by atoms with Crippen molar-refractivity contribution in [3.8, 4) is 5.75 Å². The number of carbonyl (C=O) groups is 1. The number of hydrogen-bond donors (Lipinski definition) is 0. The summed E-state index contributed by atoms with van der Waals surface area (Å²) in [6, 6.07) is 0.